The molecule has 0 radical (unpaired) electrons. The number of halogens is 6. The smallest absolute Gasteiger partial charge is 0.393 e. The van der Waals surface area contributed by atoms with Crippen LogP contribution in [0.2, 0.25) is 0 Å². The van der Waals surface area contributed by atoms with Crippen molar-refractivity contribution < 1.29 is 41.7 Å². The van der Waals surface area contributed by atoms with Crippen LogP contribution in [-0.4, -0.2) is 45.0 Å². The van der Waals surface area contributed by atoms with Gasteiger partial charge in [-0.25, -0.2) is 0 Å². The molecule has 0 aromatic rings. The molecule has 0 aromatic heterocycles. The summed E-state index contributed by atoms with van der Waals surface area (Å²) in [6, 6.07) is 0. The van der Waals surface area contributed by atoms with Crippen LogP contribution in [0.5, 0.6) is 0 Å². The lowest BCUT2D eigenvalue weighted by molar-refractivity contribution is -0.370. The number of aliphatic hydroxyl groups is 3. The van der Waals surface area contributed by atoms with Gasteiger partial charge in [0.25, 0.3) is 5.60 Å². The molecule has 2 unspecified atom stereocenters. The van der Waals surface area contributed by atoms with E-state index in [4.69, 9.17) is 0 Å². The SMILES string of the molecule is C=C1C2C[C@@H](O)C[C@]1(O)C2/C=C/[C@@H]1CC[C@](C)([C@H](C)CCCC(O)(C(F)(F)F)C(F)(F)F)C1(C)C. The van der Waals surface area contributed by atoms with Gasteiger partial charge < -0.3 is 15.3 Å². The maximum absolute atomic E-state index is 13.0. The molecule has 0 aliphatic heterocycles. The van der Waals surface area contributed by atoms with E-state index in [1.165, 1.54) is 0 Å². The molecule has 3 rings (SSSR count). The molecule has 7 atom stereocenters. The van der Waals surface area contributed by atoms with Crippen LogP contribution in [0.15, 0.2) is 24.3 Å². The first-order valence-corrected chi connectivity index (χ1v) is 12.4. The molecule has 202 valence electrons. The van der Waals surface area contributed by atoms with Gasteiger partial charge in [0.15, 0.2) is 0 Å². The van der Waals surface area contributed by atoms with Crippen molar-refractivity contribution in [3.8, 4) is 0 Å². The number of fused-ring (bicyclic) bond motifs is 2. The molecule has 3 N–H and O–H groups in total. The van der Waals surface area contributed by atoms with Crippen molar-refractivity contribution in [3.05, 3.63) is 24.3 Å². The average molecular weight is 513 g/mol. The summed E-state index contributed by atoms with van der Waals surface area (Å²) >= 11 is 0. The average Bonchev–Trinajstić information content (AvgIpc) is 2.94. The molecular formula is C26H38F6O3. The second-order valence-electron chi connectivity index (χ2n) is 12.0. The largest absolute Gasteiger partial charge is 0.426 e. The number of rotatable bonds is 7. The van der Waals surface area contributed by atoms with Gasteiger partial charge in [-0.05, 0) is 66.3 Å². The Labute approximate surface area is 203 Å². The molecule has 9 heteroatoms. The second-order valence-corrected chi connectivity index (χ2v) is 12.0. The third-order valence-corrected chi connectivity index (χ3v) is 10.2. The fourth-order valence-electron chi connectivity index (χ4n) is 7.03. The summed E-state index contributed by atoms with van der Waals surface area (Å²) in [5.74, 6) is -0.110. The van der Waals surface area contributed by atoms with Crippen molar-refractivity contribution in [2.24, 2.45) is 34.5 Å². The number of allylic oxidation sites excluding steroid dienone is 1. The lowest BCUT2D eigenvalue weighted by Crippen LogP contribution is -2.61. The summed E-state index contributed by atoms with van der Waals surface area (Å²) in [5.41, 5.74) is -5.64. The van der Waals surface area contributed by atoms with Crippen molar-refractivity contribution in [1.82, 2.24) is 0 Å². The summed E-state index contributed by atoms with van der Waals surface area (Å²) in [4.78, 5) is 0. The van der Waals surface area contributed by atoms with Crippen LogP contribution >= 0.6 is 0 Å². The van der Waals surface area contributed by atoms with Crippen molar-refractivity contribution >= 4 is 0 Å². The highest BCUT2D eigenvalue weighted by Crippen LogP contribution is 2.62. The van der Waals surface area contributed by atoms with Crippen LogP contribution < -0.4 is 0 Å². The Kier molecular flexibility index (Phi) is 7.13. The zero-order valence-electron chi connectivity index (χ0n) is 20.8. The van der Waals surface area contributed by atoms with E-state index in [1.54, 1.807) is 0 Å². The highest BCUT2D eigenvalue weighted by molar-refractivity contribution is 5.37. The van der Waals surface area contributed by atoms with E-state index in [0.717, 1.165) is 18.4 Å². The first kappa shape index (κ1) is 28.5. The fourth-order valence-corrected chi connectivity index (χ4v) is 7.03. The van der Waals surface area contributed by atoms with E-state index >= 15 is 0 Å². The zero-order chi connectivity index (χ0) is 26.8. The molecule has 3 aliphatic rings. The van der Waals surface area contributed by atoms with Gasteiger partial charge >= 0.3 is 12.4 Å². The molecule has 0 saturated heterocycles. The fraction of sp³-hybridized carbons (Fsp3) is 0.846. The van der Waals surface area contributed by atoms with Gasteiger partial charge in [0.1, 0.15) is 0 Å². The molecule has 3 saturated carbocycles. The molecule has 3 fully saturated rings. The molecule has 3 nitrogen and oxygen atoms in total. The minimum Gasteiger partial charge on any atom is -0.393 e. The number of hydrogen-bond acceptors (Lipinski definition) is 3. The number of hydrogen-bond donors (Lipinski definition) is 3. The zero-order valence-corrected chi connectivity index (χ0v) is 20.8. The van der Waals surface area contributed by atoms with Crippen LogP contribution in [0.1, 0.15) is 72.6 Å². The Bertz CT molecular complexity index is 833. The van der Waals surface area contributed by atoms with E-state index in [1.807, 2.05) is 19.9 Å². The van der Waals surface area contributed by atoms with Crippen LogP contribution in [0.25, 0.3) is 0 Å². The molecule has 0 heterocycles. The highest BCUT2D eigenvalue weighted by Gasteiger charge is 2.69. The molecular weight excluding hydrogens is 474 g/mol. The van der Waals surface area contributed by atoms with Crippen LogP contribution in [0.3, 0.4) is 0 Å². The maximum atomic E-state index is 13.0. The van der Waals surface area contributed by atoms with Gasteiger partial charge in [0.2, 0.25) is 0 Å². The Hall–Kier alpha value is -1.06. The number of alkyl halides is 6. The minimum absolute atomic E-state index is 0.0378. The van der Waals surface area contributed by atoms with Gasteiger partial charge in [-0.1, -0.05) is 52.8 Å². The van der Waals surface area contributed by atoms with Crippen molar-refractivity contribution in [2.45, 2.75) is 102 Å². The molecule has 0 aromatic carbocycles. The van der Waals surface area contributed by atoms with E-state index < -0.39 is 42.5 Å². The van der Waals surface area contributed by atoms with Crippen LogP contribution in [-0.2, 0) is 0 Å². The summed E-state index contributed by atoms with van der Waals surface area (Å²) in [6.07, 6.45) is -7.26. The minimum atomic E-state index is -5.79. The lowest BCUT2D eigenvalue weighted by Gasteiger charge is -2.58. The quantitative estimate of drug-likeness (QED) is 0.276. The Morgan fingerprint density at radius 1 is 1.09 bits per heavy atom. The summed E-state index contributed by atoms with van der Waals surface area (Å²) in [6.45, 7) is 12.0. The predicted octanol–water partition coefficient (Wildman–Crippen LogP) is 6.34. The van der Waals surface area contributed by atoms with Crippen LogP contribution in [0.4, 0.5) is 26.3 Å². The third kappa shape index (κ3) is 4.37. The van der Waals surface area contributed by atoms with Crippen LogP contribution in [0, 0.1) is 34.5 Å². The topological polar surface area (TPSA) is 60.7 Å². The van der Waals surface area contributed by atoms with E-state index in [-0.39, 0.29) is 47.3 Å². The Balaban J connectivity index is 1.66. The lowest BCUT2D eigenvalue weighted by atomic mass is 9.50. The molecule has 0 spiro atoms. The van der Waals surface area contributed by atoms with E-state index in [0.29, 0.717) is 6.42 Å². The standard InChI is InChI=1S/C26H38F6O3/c1-15(7-6-11-24(35,25(27,28)29)26(30,31)32)22(5)12-10-17(21(22,3)4)8-9-20-19-13-18(33)14-23(20,34)16(19)2/h8-9,15,17-20,33-35H,2,6-7,10-14H2,1,3-5H3/b9-8+/t15-,17-,18-,19?,20?,22-,23-/m1/s1. The Morgan fingerprint density at radius 3 is 2.17 bits per heavy atom. The monoisotopic (exact) mass is 512 g/mol. The molecule has 2 bridgehead atoms. The summed E-state index contributed by atoms with van der Waals surface area (Å²) in [5, 5.41) is 30.3. The van der Waals surface area contributed by atoms with Gasteiger partial charge in [-0.2, -0.15) is 26.3 Å². The van der Waals surface area contributed by atoms with E-state index in [9.17, 15) is 41.7 Å². The van der Waals surface area contributed by atoms with Crippen molar-refractivity contribution in [3.63, 3.8) is 0 Å². The number of aliphatic hydroxyl groups excluding tert-OH is 1. The first-order valence-electron chi connectivity index (χ1n) is 12.4. The van der Waals surface area contributed by atoms with Gasteiger partial charge in [-0.15, -0.1) is 0 Å². The predicted molar refractivity (Wildman–Crippen MR) is 120 cm³/mol. The van der Waals surface area contributed by atoms with Gasteiger partial charge in [0.05, 0.1) is 11.7 Å². The maximum Gasteiger partial charge on any atom is 0.426 e. The summed E-state index contributed by atoms with van der Waals surface area (Å²) < 4.78 is 78.0. The highest BCUT2D eigenvalue weighted by atomic mass is 19.4. The third-order valence-electron chi connectivity index (χ3n) is 10.2. The van der Waals surface area contributed by atoms with Gasteiger partial charge in [0, 0.05) is 12.3 Å². The van der Waals surface area contributed by atoms with Gasteiger partial charge in [-0.3, -0.25) is 0 Å². The first-order chi connectivity index (χ1) is 15.7. The normalized spacial score (nSPS) is 38.6. The Morgan fingerprint density at radius 2 is 1.66 bits per heavy atom. The van der Waals surface area contributed by atoms with Crippen molar-refractivity contribution in [1.29, 1.82) is 0 Å². The molecule has 0 amide bonds. The van der Waals surface area contributed by atoms with E-state index in [2.05, 4.69) is 26.5 Å². The molecule has 35 heavy (non-hydrogen) atoms. The second kappa shape index (κ2) is 8.76. The van der Waals surface area contributed by atoms with Crippen molar-refractivity contribution in [2.75, 3.05) is 0 Å². The summed E-state index contributed by atoms with van der Waals surface area (Å²) in [7, 11) is 0. The molecule has 3 aliphatic carbocycles.